The lowest BCUT2D eigenvalue weighted by Crippen LogP contribution is -2.23. The Hall–Kier alpha value is -3.86. The first-order chi connectivity index (χ1) is 13.6. The smallest absolute Gasteiger partial charge is 0.252 e. The van der Waals surface area contributed by atoms with Gasteiger partial charge >= 0.3 is 0 Å². The summed E-state index contributed by atoms with van der Waals surface area (Å²) in [5.41, 5.74) is 2.92. The van der Waals surface area contributed by atoms with Gasteiger partial charge in [-0.2, -0.15) is 0 Å². The van der Waals surface area contributed by atoms with Crippen molar-refractivity contribution < 1.29 is 14.3 Å². The quantitative estimate of drug-likeness (QED) is 0.416. The zero-order valence-corrected chi connectivity index (χ0v) is 14.9. The lowest BCUT2D eigenvalue weighted by atomic mass is 9.90. The van der Waals surface area contributed by atoms with Gasteiger partial charge in [-0.1, -0.05) is 24.3 Å². The van der Waals surface area contributed by atoms with Gasteiger partial charge in [0, 0.05) is 40.8 Å². The minimum Gasteiger partial charge on any atom is -0.508 e. The van der Waals surface area contributed by atoms with Crippen molar-refractivity contribution in [2.24, 2.45) is 0 Å². The zero-order valence-electron chi connectivity index (χ0n) is 14.9. The highest BCUT2D eigenvalue weighted by Crippen LogP contribution is 2.41. The summed E-state index contributed by atoms with van der Waals surface area (Å²) in [4.78, 5) is 24.6. The van der Waals surface area contributed by atoms with Crippen molar-refractivity contribution in [3.8, 4) is 28.2 Å². The van der Waals surface area contributed by atoms with Gasteiger partial charge in [0.25, 0.3) is 5.91 Å². The molecular formula is C23H17NO4. The summed E-state index contributed by atoms with van der Waals surface area (Å²) < 4.78 is 5.86. The molecule has 1 aliphatic heterocycles. The minimum atomic E-state index is -0.225. The molecule has 0 aromatic heterocycles. The fraction of sp³-hybridized carbons (Fsp3) is 0.0435. The molecule has 5 nitrogen and oxygen atoms in total. The molecule has 0 fully saturated rings. The number of hydrogen-bond acceptors (Lipinski definition) is 4. The molecular weight excluding hydrogens is 354 g/mol. The molecule has 0 bridgehead atoms. The average Bonchev–Trinajstić information content (AvgIpc) is 2.70. The second kappa shape index (κ2) is 7.04. The normalized spacial score (nSPS) is 10.9. The van der Waals surface area contributed by atoms with Gasteiger partial charge in [-0.15, -0.1) is 6.58 Å². The highest BCUT2D eigenvalue weighted by atomic mass is 16.3. The van der Waals surface area contributed by atoms with E-state index in [2.05, 4.69) is 11.9 Å². The lowest BCUT2D eigenvalue weighted by molar-refractivity contribution is 0.0958. The van der Waals surface area contributed by atoms with Crippen LogP contribution in [-0.4, -0.2) is 17.6 Å². The Morgan fingerprint density at radius 2 is 1.89 bits per heavy atom. The van der Waals surface area contributed by atoms with Crippen molar-refractivity contribution in [3.05, 3.63) is 89.1 Å². The summed E-state index contributed by atoms with van der Waals surface area (Å²) in [5, 5.41) is 13.4. The van der Waals surface area contributed by atoms with Crippen LogP contribution in [-0.2, 0) is 0 Å². The van der Waals surface area contributed by atoms with Crippen LogP contribution < -0.4 is 10.7 Å². The highest BCUT2D eigenvalue weighted by molar-refractivity contribution is 6.09. The van der Waals surface area contributed by atoms with Gasteiger partial charge in [0.15, 0.2) is 5.43 Å². The first-order valence-corrected chi connectivity index (χ1v) is 8.76. The number of aromatic hydroxyl groups is 1. The molecule has 2 aromatic carbocycles. The van der Waals surface area contributed by atoms with E-state index in [4.69, 9.17) is 4.42 Å². The number of hydrogen-bond donors (Lipinski definition) is 2. The monoisotopic (exact) mass is 371 g/mol. The summed E-state index contributed by atoms with van der Waals surface area (Å²) >= 11 is 0. The van der Waals surface area contributed by atoms with Crippen LogP contribution in [0.3, 0.4) is 0 Å². The Morgan fingerprint density at radius 3 is 2.71 bits per heavy atom. The van der Waals surface area contributed by atoms with Crippen molar-refractivity contribution in [2.75, 3.05) is 6.54 Å². The van der Waals surface area contributed by atoms with Crippen molar-refractivity contribution in [3.63, 3.8) is 0 Å². The van der Waals surface area contributed by atoms with E-state index in [1.165, 1.54) is 18.2 Å². The van der Waals surface area contributed by atoms with Crippen LogP contribution in [0.4, 0.5) is 0 Å². The van der Waals surface area contributed by atoms with Gasteiger partial charge in [-0.05, 0) is 35.9 Å². The van der Waals surface area contributed by atoms with Crippen molar-refractivity contribution in [1.29, 1.82) is 0 Å². The Bertz CT molecular complexity index is 1240. The molecule has 1 amide bonds. The maximum Gasteiger partial charge on any atom is 0.252 e. The van der Waals surface area contributed by atoms with Gasteiger partial charge in [-0.3, -0.25) is 9.59 Å². The molecule has 0 saturated heterocycles. The van der Waals surface area contributed by atoms with Crippen LogP contribution in [0.2, 0.25) is 0 Å². The molecule has 1 heterocycles. The van der Waals surface area contributed by atoms with Gasteiger partial charge in [-0.25, -0.2) is 0 Å². The van der Waals surface area contributed by atoms with E-state index in [9.17, 15) is 14.7 Å². The fourth-order valence-corrected chi connectivity index (χ4v) is 3.31. The number of rotatable bonds is 4. The maximum absolute atomic E-state index is 12.7. The average molecular weight is 371 g/mol. The summed E-state index contributed by atoms with van der Waals surface area (Å²) in [6.45, 7) is 3.98. The summed E-state index contributed by atoms with van der Waals surface area (Å²) in [7, 11) is 0. The van der Waals surface area contributed by atoms with Crippen molar-refractivity contribution in [2.45, 2.75) is 0 Å². The number of carbonyl (C=O) groups is 1. The van der Waals surface area contributed by atoms with Gasteiger partial charge in [0.2, 0.25) is 0 Å². The third-order valence-corrected chi connectivity index (χ3v) is 4.52. The van der Waals surface area contributed by atoms with E-state index in [1.54, 1.807) is 36.4 Å². The first-order valence-electron chi connectivity index (χ1n) is 8.76. The third-order valence-electron chi connectivity index (χ3n) is 4.52. The van der Waals surface area contributed by atoms with E-state index < -0.39 is 0 Å². The molecule has 2 aromatic rings. The Labute approximate surface area is 160 Å². The van der Waals surface area contributed by atoms with Gasteiger partial charge < -0.3 is 14.8 Å². The van der Waals surface area contributed by atoms with E-state index in [0.29, 0.717) is 34.6 Å². The Balaban J connectivity index is 2.07. The summed E-state index contributed by atoms with van der Waals surface area (Å²) in [5.74, 6) is 0.218. The number of amides is 1. The highest BCUT2D eigenvalue weighted by Gasteiger charge is 2.21. The number of benzene rings is 3. The predicted molar refractivity (Wildman–Crippen MR) is 109 cm³/mol. The van der Waals surface area contributed by atoms with Crippen molar-refractivity contribution >= 4 is 16.9 Å². The Kier molecular flexibility index (Phi) is 4.41. The summed E-state index contributed by atoms with van der Waals surface area (Å²) in [6.07, 6.45) is 1.62. The van der Waals surface area contributed by atoms with Crippen molar-refractivity contribution in [1.82, 2.24) is 5.32 Å². The molecule has 4 rings (SSSR count). The molecule has 0 spiro atoms. The molecule has 2 aliphatic rings. The zero-order chi connectivity index (χ0) is 19.7. The van der Waals surface area contributed by atoms with Crippen LogP contribution in [0.1, 0.15) is 10.4 Å². The molecule has 0 atom stereocenters. The largest absolute Gasteiger partial charge is 0.508 e. The fourth-order valence-electron chi connectivity index (χ4n) is 3.31. The second-order valence-electron chi connectivity index (χ2n) is 6.36. The molecule has 138 valence electrons. The maximum atomic E-state index is 12.7. The molecule has 28 heavy (non-hydrogen) atoms. The van der Waals surface area contributed by atoms with Crippen LogP contribution in [0.25, 0.3) is 33.4 Å². The molecule has 1 aliphatic carbocycles. The number of phenols is 1. The lowest BCUT2D eigenvalue weighted by Gasteiger charge is -2.17. The molecule has 2 N–H and O–H groups in total. The number of fused-ring (bicyclic) bond motifs is 2. The number of carbonyl (C=O) groups excluding carboxylic acids is 1. The van der Waals surface area contributed by atoms with Gasteiger partial charge in [0.1, 0.15) is 17.1 Å². The van der Waals surface area contributed by atoms with Crippen LogP contribution >= 0.6 is 0 Å². The number of phenolic OH excluding ortho intramolecular Hbond substituents is 1. The van der Waals surface area contributed by atoms with E-state index in [-0.39, 0.29) is 17.1 Å². The third kappa shape index (κ3) is 3.03. The Morgan fingerprint density at radius 1 is 1.07 bits per heavy atom. The molecule has 0 radical (unpaired) electrons. The molecule has 0 saturated carbocycles. The second-order valence-corrected chi connectivity index (χ2v) is 6.36. The van der Waals surface area contributed by atoms with Gasteiger partial charge in [0.05, 0.1) is 0 Å². The SMILES string of the molecule is C=CCNC(=O)c1ccccc1-c1c2ccc(=O)cc-2oc2cc(O)ccc12. The number of nitrogens with one attached hydrogen (secondary N) is 1. The van der Waals surface area contributed by atoms with E-state index in [1.807, 2.05) is 12.1 Å². The van der Waals surface area contributed by atoms with E-state index in [0.717, 1.165) is 10.9 Å². The van der Waals surface area contributed by atoms with Crippen LogP contribution in [0.5, 0.6) is 5.75 Å². The molecule has 5 heteroatoms. The first kappa shape index (κ1) is 17.5. The minimum absolute atomic E-state index is 0.0526. The predicted octanol–water partition coefficient (Wildman–Crippen LogP) is 4.19. The standard InChI is InChI=1S/C23H17NO4/c1-2-11-24-23(27)17-6-4-3-5-16(17)22-18-9-7-14(25)12-20(18)28-21-13-15(26)8-10-19(21)22/h2-10,12-13,25H,1,11H2,(H,24,27). The van der Waals surface area contributed by atoms with E-state index >= 15 is 0 Å². The van der Waals surface area contributed by atoms with Crippen LogP contribution in [0.15, 0.2) is 82.5 Å². The topological polar surface area (TPSA) is 79.5 Å². The van der Waals surface area contributed by atoms with Crippen LogP contribution in [0, 0.1) is 0 Å². The molecule has 0 unspecified atom stereocenters. The summed E-state index contributed by atoms with van der Waals surface area (Å²) in [6, 6.07) is 16.6.